The highest BCUT2D eigenvalue weighted by atomic mass is 16.3. The normalized spacial score (nSPS) is 12.7. The van der Waals surface area contributed by atoms with Crippen LogP contribution < -0.4 is 5.73 Å². The number of hydrogen-bond donors (Lipinski definition) is 1. The monoisotopic (exact) mass is 189 g/mol. The maximum Gasteiger partial charge on any atom is 0.0956 e. The molecule has 2 aromatic rings. The summed E-state index contributed by atoms with van der Waals surface area (Å²) < 4.78 is 5.07. The van der Waals surface area contributed by atoms with Gasteiger partial charge in [-0.2, -0.15) is 10.2 Å². The second-order valence-electron chi connectivity index (χ2n) is 3.16. The average Bonchev–Trinajstić information content (AvgIpc) is 2.65. The van der Waals surface area contributed by atoms with Crippen LogP contribution in [-0.2, 0) is 0 Å². The molecule has 4 nitrogen and oxygen atoms in total. The lowest BCUT2D eigenvalue weighted by Crippen LogP contribution is -2.12. The Bertz CT molecular complexity index is 410. The molecule has 0 radical (unpaired) electrons. The van der Waals surface area contributed by atoms with E-state index in [1.807, 2.05) is 13.0 Å². The Labute approximate surface area is 81.8 Å². The fraction of sp³-hybridized carbons (Fsp3) is 0.200. The van der Waals surface area contributed by atoms with E-state index in [0.717, 1.165) is 16.7 Å². The number of nitrogens with zero attached hydrogens (tertiary/aromatic N) is 2. The van der Waals surface area contributed by atoms with Crippen molar-refractivity contribution in [3.63, 3.8) is 0 Å². The first kappa shape index (κ1) is 8.90. The van der Waals surface area contributed by atoms with Crippen molar-refractivity contribution in [1.29, 1.82) is 0 Å². The molecule has 1 unspecified atom stereocenters. The minimum Gasteiger partial charge on any atom is -0.472 e. The first-order chi connectivity index (χ1) is 6.79. The molecule has 0 amide bonds. The van der Waals surface area contributed by atoms with Gasteiger partial charge in [-0.1, -0.05) is 0 Å². The standard InChI is InChI=1S/C10H11N3O/c1-7-5-14-6-9(7)10(11)8-2-3-12-13-4-8/h2-6,10H,11H2,1H3. The molecule has 0 aromatic carbocycles. The van der Waals surface area contributed by atoms with Crippen LogP contribution in [0.15, 0.2) is 35.4 Å². The van der Waals surface area contributed by atoms with Gasteiger partial charge in [0.25, 0.3) is 0 Å². The van der Waals surface area contributed by atoms with Gasteiger partial charge in [0, 0.05) is 11.8 Å². The predicted octanol–water partition coefficient (Wildman–Crippen LogP) is 1.43. The predicted molar refractivity (Wildman–Crippen MR) is 51.5 cm³/mol. The van der Waals surface area contributed by atoms with Crippen LogP contribution in [0.4, 0.5) is 0 Å². The Kier molecular flexibility index (Phi) is 2.28. The van der Waals surface area contributed by atoms with Crippen LogP contribution in [0.25, 0.3) is 0 Å². The smallest absolute Gasteiger partial charge is 0.0956 e. The van der Waals surface area contributed by atoms with E-state index in [-0.39, 0.29) is 6.04 Å². The molecular weight excluding hydrogens is 178 g/mol. The van der Waals surface area contributed by atoms with Crippen molar-refractivity contribution in [2.45, 2.75) is 13.0 Å². The Morgan fingerprint density at radius 2 is 2.21 bits per heavy atom. The van der Waals surface area contributed by atoms with Crippen LogP contribution in [0.3, 0.4) is 0 Å². The molecule has 0 spiro atoms. The number of aromatic nitrogens is 2. The van der Waals surface area contributed by atoms with Crippen molar-refractivity contribution in [3.05, 3.63) is 47.7 Å². The highest BCUT2D eigenvalue weighted by Crippen LogP contribution is 2.22. The van der Waals surface area contributed by atoms with E-state index >= 15 is 0 Å². The molecule has 2 aromatic heterocycles. The zero-order chi connectivity index (χ0) is 9.97. The molecule has 2 heterocycles. The summed E-state index contributed by atoms with van der Waals surface area (Å²) >= 11 is 0. The van der Waals surface area contributed by atoms with Gasteiger partial charge in [0.2, 0.25) is 0 Å². The lowest BCUT2D eigenvalue weighted by atomic mass is 10.0. The van der Waals surface area contributed by atoms with Crippen LogP contribution >= 0.6 is 0 Å². The van der Waals surface area contributed by atoms with Gasteiger partial charge in [-0.3, -0.25) is 0 Å². The molecule has 2 rings (SSSR count). The summed E-state index contributed by atoms with van der Waals surface area (Å²) in [7, 11) is 0. The molecule has 0 bridgehead atoms. The van der Waals surface area contributed by atoms with Gasteiger partial charge >= 0.3 is 0 Å². The first-order valence-corrected chi connectivity index (χ1v) is 4.34. The molecule has 0 saturated carbocycles. The summed E-state index contributed by atoms with van der Waals surface area (Å²) in [6.45, 7) is 1.97. The van der Waals surface area contributed by atoms with Crippen molar-refractivity contribution in [2.75, 3.05) is 0 Å². The van der Waals surface area contributed by atoms with E-state index < -0.39 is 0 Å². The lowest BCUT2D eigenvalue weighted by molar-refractivity contribution is 0.560. The number of aryl methyl sites for hydroxylation is 1. The fourth-order valence-corrected chi connectivity index (χ4v) is 1.35. The van der Waals surface area contributed by atoms with E-state index in [1.54, 1.807) is 24.9 Å². The first-order valence-electron chi connectivity index (χ1n) is 4.34. The average molecular weight is 189 g/mol. The van der Waals surface area contributed by atoms with Crippen molar-refractivity contribution in [3.8, 4) is 0 Å². The largest absolute Gasteiger partial charge is 0.472 e. The van der Waals surface area contributed by atoms with Gasteiger partial charge in [-0.15, -0.1) is 0 Å². The van der Waals surface area contributed by atoms with Crippen molar-refractivity contribution in [2.24, 2.45) is 5.73 Å². The maximum absolute atomic E-state index is 6.03. The summed E-state index contributed by atoms with van der Waals surface area (Å²) in [5, 5.41) is 7.49. The van der Waals surface area contributed by atoms with Crippen LogP contribution in [-0.4, -0.2) is 10.2 Å². The number of nitrogens with two attached hydrogens (primary N) is 1. The second-order valence-corrected chi connectivity index (χ2v) is 3.16. The van der Waals surface area contributed by atoms with Crippen LogP contribution in [0.1, 0.15) is 22.7 Å². The van der Waals surface area contributed by atoms with Gasteiger partial charge in [0.05, 0.1) is 24.8 Å². The van der Waals surface area contributed by atoms with Gasteiger partial charge in [-0.25, -0.2) is 0 Å². The van der Waals surface area contributed by atoms with Crippen molar-refractivity contribution < 1.29 is 4.42 Å². The topological polar surface area (TPSA) is 64.9 Å². The van der Waals surface area contributed by atoms with Crippen molar-refractivity contribution in [1.82, 2.24) is 10.2 Å². The summed E-state index contributed by atoms with van der Waals surface area (Å²) in [6.07, 6.45) is 6.64. The zero-order valence-corrected chi connectivity index (χ0v) is 7.84. The van der Waals surface area contributed by atoms with Crippen molar-refractivity contribution >= 4 is 0 Å². The molecular formula is C10H11N3O. The van der Waals surface area contributed by atoms with E-state index in [4.69, 9.17) is 10.2 Å². The van der Waals surface area contributed by atoms with Crippen LogP contribution in [0.2, 0.25) is 0 Å². The third kappa shape index (κ3) is 1.52. The molecule has 1 atom stereocenters. The number of rotatable bonds is 2. The Hall–Kier alpha value is -1.68. The Morgan fingerprint density at radius 1 is 1.36 bits per heavy atom. The highest BCUT2D eigenvalue weighted by molar-refractivity contribution is 5.31. The highest BCUT2D eigenvalue weighted by Gasteiger charge is 2.12. The Balaban J connectivity index is 2.34. The molecule has 2 N–H and O–H groups in total. The Morgan fingerprint density at radius 3 is 2.79 bits per heavy atom. The van der Waals surface area contributed by atoms with E-state index in [9.17, 15) is 0 Å². The zero-order valence-electron chi connectivity index (χ0n) is 7.84. The SMILES string of the molecule is Cc1cocc1C(N)c1ccnnc1. The van der Waals surface area contributed by atoms with Crippen LogP contribution in [0.5, 0.6) is 0 Å². The van der Waals surface area contributed by atoms with Gasteiger partial charge in [-0.05, 0) is 24.1 Å². The minimum atomic E-state index is -0.191. The summed E-state index contributed by atoms with van der Waals surface area (Å²) in [5.74, 6) is 0. The molecule has 0 fully saturated rings. The van der Waals surface area contributed by atoms with Crippen LogP contribution in [0, 0.1) is 6.92 Å². The third-order valence-electron chi connectivity index (χ3n) is 2.20. The summed E-state index contributed by atoms with van der Waals surface area (Å²) in [5.41, 5.74) is 9.00. The van der Waals surface area contributed by atoms with E-state index in [1.165, 1.54) is 0 Å². The van der Waals surface area contributed by atoms with E-state index in [2.05, 4.69) is 10.2 Å². The third-order valence-corrected chi connectivity index (χ3v) is 2.20. The summed E-state index contributed by atoms with van der Waals surface area (Å²) in [4.78, 5) is 0. The van der Waals surface area contributed by atoms with Gasteiger partial charge in [0.1, 0.15) is 0 Å². The fourth-order valence-electron chi connectivity index (χ4n) is 1.35. The summed E-state index contributed by atoms with van der Waals surface area (Å²) in [6, 6.07) is 1.66. The molecule has 14 heavy (non-hydrogen) atoms. The van der Waals surface area contributed by atoms with E-state index in [0.29, 0.717) is 0 Å². The lowest BCUT2D eigenvalue weighted by Gasteiger charge is -2.09. The van der Waals surface area contributed by atoms with Gasteiger partial charge < -0.3 is 10.2 Å². The molecule has 0 aliphatic rings. The number of furan rings is 1. The molecule has 0 aliphatic carbocycles. The quantitative estimate of drug-likeness (QED) is 0.776. The van der Waals surface area contributed by atoms with Gasteiger partial charge in [0.15, 0.2) is 0 Å². The maximum atomic E-state index is 6.03. The molecule has 0 saturated heterocycles. The number of hydrogen-bond acceptors (Lipinski definition) is 4. The second kappa shape index (κ2) is 3.59. The minimum absolute atomic E-state index is 0.191. The molecule has 4 heteroatoms. The molecule has 72 valence electrons. The molecule has 0 aliphatic heterocycles.